The zero-order chi connectivity index (χ0) is 20.6. The van der Waals surface area contributed by atoms with Crippen molar-refractivity contribution in [3.63, 3.8) is 0 Å². The van der Waals surface area contributed by atoms with Gasteiger partial charge in [0.15, 0.2) is 0 Å². The lowest BCUT2D eigenvalue weighted by Gasteiger charge is -2.18. The van der Waals surface area contributed by atoms with Crippen LogP contribution in [-0.4, -0.2) is 4.68 Å². The van der Waals surface area contributed by atoms with E-state index < -0.39 is 0 Å². The second-order valence-corrected chi connectivity index (χ2v) is 8.23. The molecule has 0 aliphatic heterocycles. The zero-order valence-electron chi connectivity index (χ0n) is 18.0. The van der Waals surface area contributed by atoms with Crippen LogP contribution in [0.2, 0.25) is 0 Å². The first-order valence-electron chi connectivity index (χ1n) is 9.98. The topological polar surface area (TPSA) is 32.6 Å². The van der Waals surface area contributed by atoms with Crippen molar-refractivity contribution in [2.24, 2.45) is 7.05 Å². The van der Waals surface area contributed by atoms with Crippen LogP contribution < -0.4 is 4.68 Å². The van der Waals surface area contributed by atoms with Gasteiger partial charge >= 0.3 is 0 Å². The van der Waals surface area contributed by atoms with Crippen LogP contribution in [0.4, 0.5) is 0 Å². The maximum atomic E-state index is 9.34. The third-order valence-electron chi connectivity index (χ3n) is 5.68. The van der Waals surface area contributed by atoms with Gasteiger partial charge in [0.25, 0.3) is 0 Å². The zero-order valence-corrected chi connectivity index (χ0v) is 18.0. The largest absolute Gasteiger partial charge is 0.240 e. The van der Waals surface area contributed by atoms with E-state index >= 15 is 0 Å². The van der Waals surface area contributed by atoms with Gasteiger partial charge in [-0.25, -0.2) is 0 Å². The molecule has 3 heteroatoms. The Morgan fingerprint density at radius 2 is 1.57 bits per heavy atom. The molecule has 0 atom stereocenters. The third-order valence-corrected chi connectivity index (χ3v) is 5.68. The van der Waals surface area contributed by atoms with Gasteiger partial charge in [-0.1, -0.05) is 56.6 Å². The van der Waals surface area contributed by atoms with Crippen molar-refractivity contribution >= 4 is 0 Å². The summed E-state index contributed by atoms with van der Waals surface area (Å²) in [6, 6.07) is 14.8. The van der Waals surface area contributed by atoms with Gasteiger partial charge in [-0.3, -0.25) is 0 Å². The number of nitriles is 1. The molecular formula is C25H30N3+. The van der Waals surface area contributed by atoms with Crippen molar-refractivity contribution in [1.29, 1.82) is 5.26 Å². The van der Waals surface area contributed by atoms with Crippen LogP contribution >= 0.6 is 0 Å². The second-order valence-electron chi connectivity index (χ2n) is 8.23. The number of hydrogen-bond acceptors (Lipinski definition) is 1. The van der Waals surface area contributed by atoms with Crippen molar-refractivity contribution in [1.82, 2.24) is 4.68 Å². The van der Waals surface area contributed by atoms with Crippen molar-refractivity contribution in [2.75, 3.05) is 0 Å². The van der Waals surface area contributed by atoms with Gasteiger partial charge in [0.1, 0.15) is 0 Å². The van der Waals surface area contributed by atoms with Gasteiger partial charge in [0.05, 0.1) is 29.9 Å². The minimum Gasteiger partial charge on any atom is -0.192 e. The average molecular weight is 373 g/mol. The van der Waals surface area contributed by atoms with E-state index in [1.807, 2.05) is 18.2 Å². The van der Waals surface area contributed by atoms with Gasteiger partial charge in [-0.05, 0) is 48.4 Å². The third kappa shape index (κ3) is 3.36. The highest BCUT2D eigenvalue weighted by Gasteiger charge is 2.26. The SMILES string of the molecule is Cc1ccc(C#N)cc1-[n+]1cc(-c2c(C(C)C)cccc2C(C)C)c(C)n1C. The average Bonchev–Trinajstić information content (AvgIpc) is 2.96. The van der Waals surface area contributed by atoms with Gasteiger partial charge in [-0.2, -0.15) is 9.94 Å². The molecule has 2 aromatic carbocycles. The summed E-state index contributed by atoms with van der Waals surface area (Å²) >= 11 is 0. The molecule has 0 fully saturated rings. The summed E-state index contributed by atoms with van der Waals surface area (Å²) in [5.41, 5.74) is 9.48. The van der Waals surface area contributed by atoms with E-state index in [-0.39, 0.29) is 0 Å². The Hall–Kier alpha value is -2.86. The Balaban J connectivity index is 2.31. The molecular weight excluding hydrogens is 342 g/mol. The minimum atomic E-state index is 0.449. The highest BCUT2D eigenvalue weighted by molar-refractivity contribution is 5.73. The summed E-state index contributed by atoms with van der Waals surface area (Å²) in [6.07, 6.45) is 2.23. The number of nitrogens with zero attached hydrogens (tertiary/aromatic N) is 3. The molecule has 0 bridgehead atoms. The highest BCUT2D eigenvalue weighted by Crippen LogP contribution is 2.37. The lowest BCUT2D eigenvalue weighted by Crippen LogP contribution is -2.39. The van der Waals surface area contributed by atoms with Crippen molar-refractivity contribution in [2.45, 2.75) is 53.4 Å². The Bertz CT molecular complexity index is 1040. The van der Waals surface area contributed by atoms with E-state index in [4.69, 9.17) is 0 Å². The lowest BCUT2D eigenvalue weighted by molar-refractivity contribution is -0.683. The van der Waals surface area contributed by atoms with Crippen LogP contribution in [0.5, 0.6) is 0 Å². The molecule has 0 radical (unpaired) electrons. The van der Waals surface area contributed by atoms with E-state index in [1.165, 1.54) is 27.9 Å². The van der Waals surface area contributed by atoms with E-state index in [0.717, 1.165) is 11.3 Å². The standard InChI is InChI=1S/C25H30N3/c1-16(2)21-9-8-10-22(17(3)4)25(21)23-15-28(27(7)19(23)6)24-13-20(14-26)12-11-18(24)5/h8-13,15-17H,1-7H3/q+1. The van der Waals surface area contributed by atoms with E-state index in [2.05, 4.69) is 88.4 Å². The van der Waals surface area contributed by atoms with Crippen LogP contribution in [0.1, 0.15) is 67.5 Å². The Labute approximate surface area is 168 Å². The summed E-state index contributed by atoms with van der Waals surface area (Å²) < 4.78 is 4.35. The maximum Gasteiger partial charge on any atom is 0.240 e. The summed E-state index contributed by atoms with van der Waals surface area (Å²) in [5.74, 6) is 0.899. The Morgan fingerprint density at radius 1 is 0.964 bits per heavy atom. The molecule has 0 aliphatic carbocycles. The number of rotatable bonds is 4. The molecule has 28 heavy (non-hydrogen) atoms. The summed E-state index contributed by atoms with van der Waals surface area (Å²) in [5, 5.41) is 9.34. The van der Waals surface area contributed by atoms with Crippen molar-refractivity contribution in [3.05, 3.63) is 70.5 Å². The molecule has 0 unspecified atom stereocenters. The second kappa shape index (κ2) is 7.64. The molecule has 0 amide bonds. The molecule has 1 aromatic heterocycles. The summed E-state index contributed by atoms with van der Waals surface area (Å²) in [4.78, 5) is 0. The normalized spacial score (nSPS) is 11.3. The molecule has 0 saturated carbocycles. The smallest absolute Gasteiger partial charge is 0.192 e. The minimum absolute atomic E-state index is 0.449. The van der Waals surface area contributed by atoms with Crippen LogP contribution in [0.25, 0.3) is 16.8 Å². The van der Waals surface area contributed by atoms with Crippen molar-refractivity contribution < 1.29 is 4.68 Å². The van der Waals surface area contributed by atoms with Crippen LogP contribution in [0, 0.1) is 25.2 Å². The first kappa shape index (κ1) is 19.9. The van der Waals surface area contributed by atoms with E-state index in [1.54, 1.807) is 0 Å². The highest BCUT2D eigenvalue weighted by atomic mass is 15.4. The predicted octanol–water partition coefficient (Wildman–Crippen LogP) is 5.70. The molecule has 3 rings (SSSR count). The summed E-state index contributed by atoms with van der Waals surface area (Å²) in [7, 11) is 2.09. The van der Waals surface area contributed by atoms with Gasteiger partial charge < -0.3 is 0 Å². The molecule has 0 spiro atoms. The summed E-state index contributed by atoms with van der Waals surface area (Å²) in [6.45, 7) is 13.3. The predicted molar refractivity (Wildman–Crippen MR) is 115 cm³/mol. The van der Waals surface area contributed by atoms with Gasteiger partial charge in [0, 0.05) is 11.6 Å². The molecule has 0 aliphatic rings. The first-order chi connectivity index (χ1) is 13.3. The van der Waals surface area contributed by atoms with Crippen molar-refractivity contribution in [3.8, 4) is 22.9 Å². The number of benzene rings is 2. The molecule has 3 nitrogen and oxygen atoms in total. The molecule has 1 heterocycles. The Morgan fingerprint density at radius 3 is 2.11 bits per heavy atom. The molecule has 0 saturated heterocycles. The van der Waals surface area contributed by atoms with Crippen LogP contribution in [0.15, 0.2) is 42.6 Å². The fraction of sp³-hybridized carbons (Fsp3) is 0.360. The monoisotopic (exact) mass is 372 g/mol. The van der Waals surface area contributed by atoms with E-state index in [0.29, 0.717) is 17.4 Å². The number of hydrogen-bond donors (Lipinski definition) is 0. The van der Waals surface area contributed by atoms with Gasteiger partial charge in [0.2, 0.25) is 11.9 Å². The molecule has 0 N–H and O–H groups in total. The maximum absolute atomic E-state index is 9.34. The molecule has 144 valence electrons. The number of aryl methyl sites for hydroxylation is 1. The molecule has 3 aromatic rings. The fourth-order valence-corrected chi connectivity index (χ4v) is 3.90. The van der Waals surface area contributed by atoms with E-state index in [9.17, 15) is 5.26 Å². The lowest BCUT2D eigenvalue weighted by atomic mass is 9.85. The number of aromatic nitrogens is 2. The Kier molecular flexibility index (Phi) is 5.42. The quantitative estimate of drug-likeness (QED) is 0.540. The fourth-order valence-electron chi connectivity index (χ4n) is 3.90. The van der Waals surface area contributed by atoms with Crippen LogP contribution in [0.3, 0.4) is 0 Å². The van der Waals surface area contributed by atoms with Crippen LogP contribution in [-0.2, 0) is 7.05 Å². The first-order valence-corrected chi connectivity index (χ1v) is 9.98. The van der Waals surface area contributed by atoms with Gasteiger partial charge in [-0.15, -0.1) is 0 Å².